The molecule has 0 N–H and O–H groups in total. The molecule has 1 aromatic heterocycles. The molecule has 0 spiro atoms. The van der Waals surface area contributed by atoms with Crippen molar-refractivity contribution >= 4 is 40.5 Å². The van der Waals surface area contributed by atoms with Crippen LogP contribution in [-0.2, 0) is 9.53 Å². The highest BCUT2D eigenvalue weighted by Crippen LogP contribution is 2.30. The van der Waals surface area contributed by atoms with Crippen LogP contribution in [0.25, 0.3) is 0 Å². The smallest absolute Gasteiger partial charge is 0.306 e. The molecule has 1 aromatic carbocycles. The molecule has 3 rings (SSSR count). The molecule has 2 heterocycles. The van der Waals surface area contributed by atoms with Gasteiger partial charge in [-0.3, -0.25) is 14.4 Å². The standard InChI is InChI=1S/C19H17ClO6S/c20-18-6-5-17(27-18)13(21)3-7-19(23)26-11-14(22)12-2-4-15-16(10-12)25-9-1-8-24-15/h2,4-6,10H,1,3,7-9,11H2. The first-order valence-electron chi connectivity index (χ1n) is 8.40. The summed E-state index contributed by atoms with van der Waals surface area (Å²) in [6.45, 7) is 0.689. The second-order valence-corrected chi connectivity index (χ2v) is 7.54. The van der Waals surface area contributed by atoms with Crippen LogP contribution < -0.4 is 9.47 Å². The number of ether oxygens (including phenoxy) is 3. The van der Waals surface area contributed by atoms with E-state index >= 15 is 0 Å². The molecule has 1 aliphatic heterocycles. The number of hydrogen-bond acceptors (Lipinski definition) is 7. The van der Waals surface area contributed by atoms with Crippen LogP contribution in [0.5, 0.6) is 11.5 Å². The quantitative estimate of drug-likeness (QED) is 0.509. The third-order valence-electron chi connectivity index (χ3n) is 3.84. The molecule has 1 aliphatic rings. The minimum Gasteiger partial charge on any atom is -0.490 e. The molecule has 0 saturated carbocycles. The molecule has 0 aliphatic carbocycles. The molecule has 6 nitrogen and oxygen atoms in total. The van der Waals surface area contributed by atoms with Gasteiger partial charge in [0.15, 0.2) is 29.7 Å². The zero-order valence-electron chi connectivity index (χ0n) is 14.4. The zero-order chi connectivity index (χ0) is 19.2. The van der Waals surface area contributed by atoms with Gasteiger partial charge in [-0.15, -0.1) is 11.3 Å². The van der Waals surface area contributed by atoms with Crippen molar-refractivity contribution in [3.05, 3.63) is 45.1 Å². The van der Waals surface area contributed by atoms with E-state index in [0.29, 0.717) is 39.5 Å². The van der Waals surface area contributed by atoms with Crippen molar-refractivity contribution in [1.82, 2.24) is 0 Å². The number of Topliss-reactive ketones (excluding diaryl/α,β-unsaturated/α-hetero) is 2. The van der Waals surface area contributed by atoms with Crippen molar-refractivity contribution in [2.75, 3.05) is 19.8 Å². The molecule has 0 saturated heterocycles. The third kappa shape index (κ3) is 5.30. The highest BCUT2D eigenvalue weighted by molar-refractivity contribution is 7.18. The molecule has 0 amide bonds. The van der Waals surface area contributed by atoms with Crippen LogP contribution in [0.1, 0.15) is 39.3 Å². The average Bonchev–Trinajstić information content (AvgIpc) is 2.97. The van der Waals surface area contributed by atoms with Gasteiger partial charge in [-0.2, -0.15) is 0 Å². The van der Waals surface area contributed by atoms with Crippen molar-refractivity contribution in [2.24, 2.45) is 0 Å². The van der Waals surface area contributed by atoms with E-state index in [1.54, 1.807) is 30.3 Å². The fraction of sp³-hybridized carbons (Fsp3) is 0.316. The number of halogens is 1. The second kappa shape index (κ2) is 9.01. The lowest BCUT2D eigenvalue weighted by atomic mass is 10.1. The largest absolute Gasteiger partial charge is 0.490 e. The van der Waals surface area contributed by atoms with Gasteiger partial charge in [0.2, 0.25) is 0 Å². The van der Waals surface area contributed by atoms with Gasteiger partial charge in [0.25, 0.3) is 0 Å². The lowest BCUT2D eigenvalue weighted by molar-refractivity contribution is -0.142. The van der Waals surface area contributed by atoms with E-state index in [1.165, 1.54) is 0 Å². The van der Waals surface area contributed by atoms with E-state index in [0.717, 1.165) is 17.8 Å². The number of carbonyl (C=O) groups excluding carboxylic acids is 3. The first kappa shape index (κ1) is 19.4. The summed E-state index contributed by atoms with van der Waals surface area (Å²) in [5.74, 6) is -0.0414. The Morgan fingerprint density at radius 1 is 1.00 bits per heavy atom. The molecule has 0 bridgehead atoms. The first-order chi connectivity index (χ1) is 13.0. The van der Waals surface area contributed by atoms with E-state index in [-0.39, 0.29) is 24.4 Å². The normalized spacial score (nSPS) is 12.9. The van der Waals surface area contributed by atoms with E-state index in [4.69, 9.17) is 25.8 Å². The number of ketones is 2. The molecule has 8 heteroatoms. The van der Waals surface area contributed by atoms with Crippen LogP contribution in [0, 0.1) is 0 Å². The Morgan fingerprint density at radius 3 is 2.52 bits per heavy atom. The van der Waals surface area contributed by atoms with Gasteiger partial charge < -0.3 is 14.2 Å². The average molecular weight is 409 g/mol. The van der Waals surface area contributed by atoms with Crippen molar-refractivity contribution in [1.29, 1.82) is 0 Å². The molecule has 0 unspecified atom stereocenters. The number of carbonyl (C=O) groups is 3. The van der Waals surface area contributed by atoms with Crippen LogP contribution in [0.15, 0.2) is 30.3 Å². The number of esters is 1. The van der Waals surface area contributed by atoms with Crippen LogP contribution >= 0.6 is 22.9 Å². The molecule has 0 fully saturated rings. The Hall–Kier alpha value is -2.38. The SMILES string of the molecule is O=C(CCC(=O)c1ccc(Cl)s1)OCC(=O)c1ccc2c(c1)OCCCO2. The molecular weight excluding hydrogens is 392 g/mol. The minimum atomic E-state index is -0.603. The molecule has 27 heavy (non-hydrogen) atoms. The Bertz CT molecular complexity index is 860. The Labute approximate surface area is 165 Å². The van der Waals surface area contributed by atoms with Gasteiger partial charge >= 0.3 is 5.97 Å². The van der Waals surface area contributed by atoms with Gasteiger partial charge in [0.05, 0.1) is 28.8 Å². The van der Waals surface area contributed by atoms with E-state index in [2.05, 4.69) is 0 Å². The predicted molar refractivity (Wildman–Crippen MR) is 100 cm³/mol. The molecule has 0 radical (unpaired) electrons. The minimum absolute atomic E-state index is 0.00783. The fourth-order valence-corrected chi connectivity index (χ4v) is 3.45. The van der Waals surface area contributed by atoms with Crippen molar-refractivity contribution in [3.8, 4) is 11.5 Å². The Kier molecular flexibility index (Phi) is 6.47. The molecule has 2 aromatic rings. The second-order valence-electron chi connectivity index (χ2n) is 5.82. The Balaban J connectivity index is 1.48. The summed E-state index contributed by atoms with van der Waals surface area (Å²) in [6.07, 6.45) is 0.683. The molecule has 0 atom stereocenters. The first-order valence-corrected chi connectivity index (χ1v) is 9.59. The van der Waals surface area contributed by atoms with Crippen LogP contribution in [0.2, 0.25) is 4.34 Å². The van der Waals surface area contributed by atoms with E-state index < -0.39 is 12.6 Å². The maximum Gasteiger partial charge on any atom is 0.306 e. The maximum absolute atomic E-state index is 12.2. The van der Waals surface area contributed by atoms with E-state index in [1.807, 2.05) is 0 Å². The zero-order valence-corrected chi connectivity index (χ0v) is 15.9. The molecule has 142 valence electrons. The number of rotatable bonds is 7. The topological polar surface area (TPSA) is 78.9 Å². The highest BCUT2D eigenvalue weighted by atomic mass is 35.5. The van der Waals surface area contributed by atoms with Crippen molar-refractivity contribution in [2.45, 2.75) is 19.3 Å². The van der Waals surface area contributed by atoms with Crippen LogP contribution in [-0.4, -0.2) is 37.4 Å². The summed E-state index contributed by atoms with van der Waals surface area (Å²) in [5, 5.41) is 0. The van der Waals surface area contributed by atoms with Crippen LogP contribution in [0.3, 0.4) is 0 Å². The summed E-state index contributed by atoms with van der Waals surface area (Å²) >= 11 is 6.95. The lowest BCUT2D eigenvalue weighted by Crippen LogP contribution is -2.15. The number of benzene rings is 1. The van der Waals surface area contributed by atoms with E-state index in [9.17, 15) is 14.4 Å². The summed E-state index contributed by atoms with van der Waals surface area (Å²) in [5.41, 5.74) is 0.372. The van der Waals surface area contributed by atoms with Crippen LogP contribution in [0.4, 0.5) is 0 Å². The summed E-state index contributed by atoms with van der Waals surface area (Å²) in [6, 6.07) is 8.11. The van der Waals surface area contributed by atoms with Crippen molar-refractivity contribution < 1.29 is 28.6 Å². The predicted octanol–water partition coefficient (Wildman–Crippen LogP) is 3.95. The number of fused-ring (bicyclic) bond motifs is 1. The number of hydrogen-bond donors (Lipinski definition) is 0. The van der Waals surface area contributed by atoms with Gasteiger partial charge in [-0.1, -0.05) is 11.6 Å². The third-order valence-corrected chi connectivity index (χ3v) is 5.11. The van der Waals surface area contributed by atoms with Gasteiger partial charge in [0.1, 0.15) is 0 Å². The fourth-order valence-electron chi connectivity index (χ4n) is 2.44. The highest BCUT2D eigenvalue weighted by Gasteiger charge is 2.17. The lowest BCUT2D eigenvalue weighted by Gasteiger charge is -2.09. The maximum atomic E-state index is 12.2. The summed E-state index contributed by atoms with van der Waals surface area (Å²) in [4.78, 5) is 36.5. The summed E-state index contributed by atoms with van der Waals surface area (Å²) in [7, 11) is 0. The van der Waals surface area contributed by atoms with Gasteiger partial charge in [-0.05, 0) is 30.3 Å². The molecular formula is C19H17ClO6S. The Morgan fingerprint density at radius 2 is 1.78 bits per heavy atom. The van der Waals surface area contributed by atoms with Crippen molar-refractivity contribution in [3.63, 3.8) is 0 Å². The van der Waals surface area contributed by atoms with Gasteiger partial charge in [-0.25, -0.2) is 0 Å². The number of thiophene rings is 1. The summed E-state index contributed by atoms with van der Waals surface area (Å²) < 4.78 is 16.6. The van der Waals surface area contributed by atoms with Gasteiger partial charge in [0, 0.05) is 18.4 Å². The monoisotopic (exact) mass is 408 g/mol.